The first kappa shape index (κ1) is 12.6. The Morgan fingerprint density at radius 3 is 2.50 bits per heavy atom. The molecule has 1 saturated heterocycles. The molecular formula is C13H14O5. The van der Waals surface area contributed by atoms with Gasteiger partial charge in [0.05, 0.1) is 6.61 Å². The highest BCUT2D eigenvalue weighted by Crippen LogP contribution is 2.29. The first-order valence-electron chi connectivity index (χ1n) is 5.61. The normalized spacial score (nSPS) is 21.2. The van der Waals surface area contributed by atoms with Crippen molar-refractivity contribution in [3.8, 4) is 0 Å². The van der Waals surface area contributed by atoms with E-state index in [9.17, 15) is 9.59 Å². The number of epoxide rings is 1. The Bertz CT molecular complexity index is 436. The van der Waals surface area contributed by atoms with Crippen LogP contribution in [0.25, 0.3) is 0 Å². The summed E-state index contributed by atoms with van der Waals surface area (Å²) in [6.07, 6.45) is 0. The van der Waals surface area contributed by atoms with E-state index in [0.29, 0.717) is 0 Å². The molecule has 96 valence electrons. The average molecular weight is 250 g/mol. The van der Waals surface area contributed by atoms with Crippen LogP contribution in [0.15, 0.2) is 30.3 Å². The fourth-order valence-corrected chi connectivity index (χ4v) is 1.42. The van der Waals surface area contributed by atoms with Crippen molar-refractivity contribution in [3.63, 3.8) is 0 Å². The second-order valence-corrected chi connectivity index (χ2v) is 4.12. The Hall–Kier alpha value is -1.88. The third kappa shape index (κ3) is 3.07. The Morgan fingerprint density at radius 2 is 1.94 bits per heavy atom. The topological polar surface area (TPSA) is 65.1 Å². The van der Waals surface area contributed by atoms with Crippen molar-refractivity contribution in [3.05, 3.63) is 35.9 Å². The summed E-state index contributed by atoms with van der Waals surface area (Å²) in [6, 6.07) is 9.34. The molecule has 18 heavy (non-hydrogen) atoms. The second kappa shape index (κ2) is 5.18. The molecule has 1 unspecified atom stereocenters. The number of rotatable bonds is 5. The van der Waals surface area contributed by atoms with E-state index in [0.717, 1.165) is 5.56 Å². The van der Waals surface area contributed by atoms with E-state index in [1.54, 1.807) is 0 Å². The van der Waals surface area contributed by atoms with Crippen molar-refractivity contribution < 1.29 is 23.8 Å². The fraction of sp³-hybridized carbons (Fsp3) is 0.385. The van der Waals surface area contributed by atoms with Crippen LogP contribution in [0.4, 0.5) is 0 Å². The highest BCUT2D eigenvalue weighted by atomic mass is 16.7. The smallest absolute Gasteiger partial charge is 0.344 e. The zero-order valence-corrected chi connectivity index (χ0v) is 10.0. The molecule has 1 aromatic rings. The second-order valence-electron chi connectivity index (χ2n) is 4.12. The Morgan fingerprint density at radius 1 is 1.28 bits per heavy atom. The summed E-state index contributed by atoms with van der Waals surface area (Å²) in [4.78, 5) is 22.5. The zero-order valence-electron chi connectivity index (χ0n) is 10.0. The summed E-state index contributed by atoms with van der Waals surface area (Å²) in [6.45, 7) is 1.61. The number of carbonyl (C=O) groups excluding carboxylic acids is 2. The maximum absolute atomic E-state index is 11.8. The molecule has 5 nitrogen and oxygen atoms in total. The predicted molar refractivity (Wildman–Crippen MR) is 61.6 cm³/mol. The van der Waals surface area contributed by atoms with Gasteiger partial charge in [-0.25, -0.2) is 4.79 Å². The van der Waals surface area contributed by atoms with Crippen LogP contribution in [0.1, 0.15) is 12.5 Å². The molecular weight excluding hydrogens is 236 g/mol. The standard InChI is InChI=1S/C13H14O5/c1-10(14)17-8-13(9-18-13)12(15)16-7-11-5-3-2-4-6-11/h2-6H,7-9H2,1H3. The molecule has 0 saturated carbocycles. The van der Waals surface area contributed by atoms with Gasteiger partial charge in [0.2, 0.25) is 5.60 Å². The van der Waals surface area contributed by atoms with Crippen LogP contribution in [0.2, 0.25) is 0 Å². The molecule has 1 aliphatic rings. The van der Waals surface area contributed by atoms with Crippen molar-refractivity contribution in [2.24, 2.45) is 0 Å². The van der Waals surface area contributed by atoms with Gasteiger partial charge in [-0.3, -0.25) is 4.79 Å². The summed E-state index contributed by atoms with van der Waals surface area (Å²) >= 11 is 0. The van der Waals surface area contributed by atoms with Gasteiger partial charge in [0.1, 0.15) is 13.2 Å². The lowest BCUT2D eigenvalue weighted by atomic mass is 10.2. The fourth-order valence-electron chi connectivity index (χ4n) is 1.42. The highest BCUT2D eigenvalue weighted by Gasteiger charge is 2.55. The van der Waals surface area contributed by atoms with Gasteiger partial charge < -0.3 is 14.2 Å². The number of hydrogen-bond acceptors (Lipinski definition) is 5. The van der Waals surface area contributed by atoms with Gasteiger partial charge in [0.15, 0.2) is 0 Å². The van der Waals surface area contributed by atoms with Crippen LogP contribution in [0.5, 0.6) is 0 Å². The van der Waals surface area contributed by atoms with E-state index in [-0.39, 0.29) is 19.8 Å². The number of esters is 2. The van der Waals surface area contributed by atoms with E-state index in [1.807, 2.05) is 30.3 Å². The van der Waals surface area contributed by atoms with Gasteiger partial charge in [-0.1, -0.05) is 30.3 Å². The molecule has 2 rings (SSSR count). The van der Waals surface area contributed by atoms with Crippen LogP contribution < -0.4 is 0 Å². The van der Waals surface area contributed by atoms with E-state index in [4.69, 9.17) is 14.2 Å². The molecule has 0 spiro atoms. The third-order valence-corrected chi connectivity index (χ3v) is 2.59. The van der Waals surface area contributed by atoms with E-state index >= 15 is 0 Å². The molecule has 1 aromatic carbocycles. The summed E-state index contributed by atoms with van der Waals surface area (Å²) in [7, 11) is 0. The van der Waals surface area contributed by atoms with Gasteiger partial charge in [0, 0.05) is 6.92 Å². The molecule has 1 heterocycles. The molecule has 0 aliphatic carbocycles. The van der Waals surface area contributed by atoms with Crippen LogP contribution in [-0.4, -0.2) is 30.8 Å². The average Bonchev–Trinajstić information content (AvgIpc) is 3.16. The lowest BCUT2D eigenvalue weighted by Crippen LogP contribution is -2.33. The Labute approximate surface area is 105 Å². The summed E-state index contributed by atoms with van der Waals surface area (Å²) in [5, 5.41) is 0. The van der Waals surface area contributed by atoms with E-state index in [2.05, 4.69) is 0 Å². The van der Waals surface area contributed by atoms with E-state index in [1.165, 1.54) is 6.92 Å². The van der Waals surface area contributed by atoms with Gasteiger partial charge >= 0.3 is 11.9 Å². The SMILES string of the molecule is CC(=O)OCC1(C(=O)OCc2ccccc2)CO1. The quantitative estimate of drug-likeness (QED) is 0.577. The highest BCUT2D eigenvalue weighted by molar-refractivity contribution is 5.83. The number of ether oxygens (including phenoxy) is 3. The predicted octanol–water partition coefficient (Wildman–Crippen LogP) is 1.06. The zero-order chi connectivity index (χ0) is 13.0. The largest absolute Gasteiger partial charge is 0.462 e. The summed E-state index contributed by atoms with van der Waals surface area (Å²) in [5.74, 6) is -0.937. The summed E-state index contributed by atoms with van der Waals surface area (Å²) in [5.41, 5.74) is -0.186. The van der Waals surface area contributed by atoms with Crippen molar-refractivity contribution in [2.45, 2.75) is 19.1 Å². The molecule has 0 bridgehead atoms. The molecule has 0 aromatic heterocycles. The lowest BCUT2D eigenvalue weighted by Gasteiger charge is -2.11. The molecule has 0 amide bonds. The van der Waals surface area contributed by atoms with Gasteiger partial charge in [-0.15, -0.1) is 0 Å². The van der Waals surface area contributed by atoms with Crippen LogP contribution in [0, 0.1) is 0 Å². The van der Waals surface area contributed by atoms with Gasteiger partial charge in [0.25, 0.3) is 0 Å². The minimum absolute atomic E-state index is 0.0873. The number of hydrogen-bond donors (Lipinski definition) is 0. The third-order valence-electron chi connectivity index (χ3n) is 2.59. The minimum atomic E-state index is -1.08. The lowest BCUT2D eigenvalue weighted by molar-refractivity contribution is -0.157. The van der Waals surface area contributed by atoms with Crippen molar-refractivity contribution >= 4 is 11.9 Å². The maximum atomic E-state index is 11.8. The monoisotopic (exact) mass is 250 g/mol. The maximum Gasteiger partial charge on any atom is 0.344 e. The minimum Gasteiger partial charge on any atom is -0.462 e. The number of benzene rings is 1. The van der Waals surface area contributed by atoms with Crippen LogP contribution in [-0.2, 0) is 30.4 Å². The first-order chi connectivity index (χ1) is 8.62. The molecule has 1 atom stereocenters. The van der Waals surface area contributed by atoms with Crippen molar-refractivity contribution in [2.75, 3.05) is 13.2 Å². The molecule has 0 N–H and O–H groups in total. The van der Waals surface area contributed by atoms with Crippen LogP contribution in [0.3, 0.4) is 0 Å². The van der Waals surface area contributed by atoms with Gasteiger partial charge in [-0.2, -0.15) is 0 Å². The van der Waals surface area contributed by atoms with Crippen molar-refractivity contribution in [1.82, 2.24) is 0 Å². The molecule has 5 heteroatoms. The molecule has 1 fully saturated rings. The first-order valence-corrected chi connectivity index (χ1v) is 5.61. The van der Waals surface area contributed by atoms with Crippen molar-refractivity contribution in [1.29, 1.82) is 0 Å². The Balaban J connectivity index is 1.83. The molecule has 0 radical (unpaired) electrons. The number of carbonyl (C=O) groups is 2. The van der Waals surface area contributed by atoms with Crippen LogP contribution >= 0.6 is 0 Å². The summed E-state index contributed by atoms with van der Waals surface area (Å²) < 4.78 is 15.0. The van der Waals surface area contributed by atoms with Gasteiger partial charge in [-0.05, 0) is 5.56 Å². The Kier molecular flexibility index (Phi) is 3.62. The van der Waals surface area contributed by atoms with E-state index < -0.39 is 17.5 Å². The molecule has 1 aliphatic heterocycles.